The van der Waals surface area contributed by atoms with E-state index < -0.39 is 0 Å². The van der Waals surface area contributed by atoms with Gasteiger partial charge in [-0.15, -0.1) is 0 Å². The maximum atomic E-state index is 5.54. The van der Waals surface area contributed by atoms with E-state index in [-0.39, 0.29) is 0 Å². The average Bonchev–Trinajstić information content (AvgIpc) is 2.87. The largest absolute Gasteiger partial charge is 0.493 e. The van der Waals surface area contributed by atoms with Crippen molar-refractivity contribution in [1.82, 2.24) is 5.43 Å². The zero-order valence-corrected chi connectivity index (χ0v) is 17.2. The summed E-state index contributed by atoms with van der Waals surface area (Å²) in [6.45, 7) is 4.16. The summed E-state index contributed by atoms with van der Waals surface area (Å²) < 4.78 is 21.9. The summed E-state index contributed by atoms with van der Waals surface area (Å²) in [6, 6.07) is 9.75. The van der Waals surface area contributed by atoms with E-state index in [1.165, 1.54) is 5.57 Å². The molecule has 1 aliphatic heterocycles. The molecule has 2 aromatic rings. The van der Waals surface area contributed by atoms with Crippen LogP contribution in [0.1, 0.15) is 37.0 Å². The highest BCUT2D eigenvalue weighted by atomic mass is 16.5. The van der Waals surface area contributed by atoms with E-state index in [1.807, 2.05) is 37.3 Å². The van der Waals surface area contributed by atoms with Crippen molar-refractivity contribution in [3.8, 4) is 23.0 Å². The molecule has 0 aromatic heterocycles. The van der Waals surface area contributed by atoms with E-state index >= 15 is 0 Å². The van der Waals surface area contributed by atoms with Crippen LogP contribution in [0.4, 0.5) is 0 Å². The molecule has 0 amide bonds. The number of fused-ring (bicyclic) bond motifs is 1. The van der Waals surface area contributed by atoms with Gasteiger partial charge in [0.1, 0.15) is 0 Å². The van der Waals surface area contributed by atoms with Crippen molar-refractivity contribution in [3.05, 3.63) is 52.7 Å². The number of hydrogen-bond acceptors (Lipinski definition) is 6. The van der Waals surface area contributed by atoms with E-state index in [1.54, 1.807) is 28.4 Å². The third-order valence-electron chi connectivity index (χ3n) is 4.90. The second-order valence-electron chi connectivity index (χ2n) is 6.35. The summed E-state index contributed by atoms with van der Waals surface area (Å²) in [5.74, 6) is 2.66. The van der Waals surface area contributed by atoms with Crippen molar-refractivity contribution in [3.63, 3.8) is 0 Å². The van der Waals surface area contributed by atoms with Crippen molar-refractivity contribution in [1.29, 1.82) is 0 Å². The zero-order chi connectivity index (χ0) is 20.3. The van der Waals surface area contributed by atoms with Gasteiger partial charge in [0, 0.05) is 16.8 Å². The highest BCUT2D eigenvalue weighted by Crippen LogP contribution is 2.38. The second kappa shape index (κ2) is 8.25. The van der Waals surface area contributed by atoms with Crippen LogP contribution in [0.15, 0.2) is 41.1 Å². The number of benzene rings is 2. The molecule has 0 fully saturated rings. The van der Waals surface area contributed by atoms with Gasteiger partial charge in [-0.05, 0) is 54.8 Å². The van der Waals surface area contributed by atoms with Gasteiger partial charge in [-0.3, -0.25) is 5.43 Å². The Kier molecular flexibility index (Phi) is 5.78. The fourth-order valence-electron chi connectivity index (χ4n) is 3.45. The van der Waals surface area contributed by atoms with Crippen LogP contribution in [0.5, 0.6) is 23.0 Å². The van der Waals surface area contributed by atoms with Crippen molar-refractivity contribution >= 4 is 11.3 Å². The Morgan fingerprint density at radius 2 is 1.36 bits per heavy atom. The SMILES string of the molecule is CCC1=C(C)NN=C(c2ccc(OC)c(OC)c2)c2cc(OC)c(OC)cc21. The average molecular weight is 382 g/mol. The first-order chi connectivity index (χ1) is 13.6. The fourth-order valence-corrected chi connectivity index (χ4v) is 3.45. The first kappa shape index (κ1) is 19.6. The molecular formula is C22H26N2O4. The third-order valence-corrected chi connectivity index (χ3v) is 4.90. The first-order valence-corrected chi connectivity index (χ1v) is 9.10. The molecule has 1 heterocycles. The molecule has 28 heavy (non-hydrogen) atoms. The minimum Gasteiger partial charge on any atom is -0.493 e. The summed E-state index contributed by atoms with van der Waals surface area (Å²) in [4.78, 5) is 0. The summed E-state index contributed by atoms with van der Waals surface area (Å²) >= 11 is 0. The van der Waals surface area contributed by atoms with Gasteiger partial charge in [-0.25, -0.2) is 0 Å². The topological polar surface area (TPSA) is 61.3 Å². The quantitative estimate of drug-likeness (QED) is 0.811. The number of hydrazone groups is 1. The van der Waals surface area contributed by atoms with E-state index in [0.29, 0.717) is 23.0 Å². The van der Waals surface area contributed by atoms with Gasteiger partial charge >= 0.3 is 0 Å². The number of nitrogens with one attached hydrogen (secondary N) is 1. The number of methoxy groups -OCH3 is 4. The molecule has 148 valence electrons. The molecule has 6 nitrogen and oxygen atoms in total. The monoisotopic (exact) mass is 382 g/mol. The minimum absolute atomic E-state index is 0.648. The summed E-state index contributed by atoms with van der Waals surface area (Å²) in [6.07, 6.45) is 0.857. The van der Waals surface area contributed by atoms with E-state index in [4.69, 9.17) is 24.0 Å². The van der Waals surface area contributed by atoms with Crippen LogP contribution in [-0.4, -0.2) is 34.2 Å². The van der Waals surface area contributed by atoms with Gasteiger partial charge in [0.05, 0.1) is 34.2 Å². The number of ether oxygens (including phenoxy) is 4. The second-order valence-corrected chi connectivity index (χ2v) is 6.35. The third kappa shape index (κ3) is 3.38. The Hall–Kier alpha value is -3.15. The van der Waals surface area contributed by atoms with Crippen molar-refractivity contribution in [2.45, 2.75) is 20.3 Å². The van der Waals surface area contributed by atoms with Crippen LogP contribution in [0.2, 0.25) is 0 Å². The Balaban J connectivity index is 2.26. The van der Waals surface area contributed by atoms with Crippen LogP contribution in [0, 0.1) is 0 Å². The molecule has 0 spiro atoms. The van der Waals surface area contributed by atoms with E-state index in [2.05, 4.69) is 12.3 Å². The lowest BCUT2D eigenvalue weighted by atomic mass is 9.91. The first-order valence-electron chi connectivity index (χ1n) is 9.10. The highest BCUT2D eigenvalue weighted by Gasteiger charge is 2.23. The molecule has 3 rings (SSSR count). The maximum absolute atomic E-state index is 5.54. The van der Waals surface area contributed by atoms with Gasteiger partial charge in [0.25, 0.3) is 0 Å². The summed E-state index contributed by atoms with van der Waals surface area (Å²) in [5, 5.41) is 4.69. The van der Waals surface area contributed by atoms with Crippen LogP contribution in [0.25, 0.3) is 5.57 Å². The van der Waals surface area contributed by atoms with Crippen molar-refractivity contribution in [2.24, 2.45) is 5.10 Å². The summed E-state index contributed by atoms with van der Waals surface area (Å²) in [7, 11) is 6.52. The predicted molar refractivity (Wildman–Crippen MR) is 111 cm³/mol. The number of hydrogen-bond donors (Lipinski definition) is 1. The van der Waals surface area contributed by atoms with Crippen LogP contribution < -0.4 is 24.4 Å². The number of nitrogens with zero attached hydrogens (tertiary/aromatic N) is 1. The van der Waals surface area contributed by atoms with Crippen LogP contribution in [-0.2, 0) is 0 Å². The van der Waals surface area contributed by atoms with E-state index in [9.17, 15) is 0 Å². The molecule has 2 aromatic carbocycles. The standard InChI is InChI=1S/C22H26N2O4/c1-7-15-13(2)23-24-22(14-8-9-18(25-3)19(10-14)26-4)17-12-21(28-6)20(27-5)11-16(15)17/h8-12,23H,7H2,1-6H3. The molecule has 0 bridgehead atoms. The number of allylic oxidation sites excluding steroid dienone is 2. The Morgan fingerprint density at radius 3 is 1.93 bits per heavy atom. The minimum atomic E-state index is 0.648. The molecule has 6 heteroatoms. The molecule has 1 N–H and O–H groups in total. The lowest BCUT2D eigenvalue weighted by Crippen LogP contribution is -2.10. The Labute approximate surface area is 165 Å². The summed E-state index contributed by atoms with van der Waals surface area (Å²) in [5.41, 5.74) is 9.11. The molecular weight excluding hydrogens is 356 g/mol. The maximum Gasteiger partial charge on any atom is 0.161 e. The van der Waals surface area contributed by atoms with Crippen LogP contribution >= 0.6 is 0 Å². The molecule has 0 saturated heterocycles. The van der Waals surface area contributed by atoms with Crippen LogP contribution in [0.3, 0.4) is 0 Å². The Morgan fingerprint density at radius 1 is 0.786 bits per heavy atom. The molecule has 0 unspecified atom stereocenters. The smallest absolute Gasteiger partial charge is 0.161 e. The molecule has 0 aliphatic carbocycles. The fraction of sp³-hybridized carbons (Fsp3) is 0.318. The van der Waals surface area contributed by atoms with Gasteiger partial charge in [-0.2, -0.15) is 5.10 Å². The number of rotatable bonds is 6. The Bertz CT molecular complexity index is 948. The zero-order valence-electron chi connectivity index (χ0n) is 17.2. The molecule has 0 atom stereocenters. The van der Waals surface area contributed by atoms with Crippen molar-refractivity contribution in [2.75, 3.05) is 28.4 Å². The lowest BCUT2D eigenvalue weighted by molar-refractivity contribution is 0.354. The molecule has 0 radical (unpaired) electrons. The molecule has 1 aliphatic rings. The van der Waals surface area contributed by atoms with Gasteiger partial charge < -0.3 is 18.9 Å². The predicted octanol–water partition coefficient (Wildman–Crippen LogP) is 4.22. The van der Waals surface area contributed by atoms with Gasteiger partial charge in [0.15, 0.2) is 23.0 Å². The van der Waals surface area contributed by atoms with Gasteiger partial charge in [-0.1, -0.05) is 6.92 Å². The molecule has 0 saturated carbocycles. The van der Waals surface area contributed by atoms with Crippen molar-refractivity contribution < 1.29 is 18.9 Å². The normalized spacial score (nSPS) is 13.1. The highest BCUT2D eigenvalue weighted by molar-refractivity contribution is 6.16. The van der Waals surface area contributed by atoms with Gasteiger partial charge in [0.2, 0.25) is 0 Å². The van der Waals surface area contributed by atoms with E-state index in [0.717, 1.165) is 34.5 Å². The lowest BCUT2D eigenvalue weighted by Gasteiger charge is -2.17.